The molecule has 0 spiro atoms. The molecule has 2 N–H and O–H groups in total. The smallest absolute Gasteiger partial charge is 0.329 e. The van der Waals surface area contributed by atoms with Crippen LogP contribution in [-0.2, 0) is 9.59 Å². The number of nitrogens with one attached hydrogen (secondary N) is 2. The van der Waals surface area contributed by atoms with Gasteiger partial charge in [-0.1, -0.05) is 66.5 Å². The van der Waals surface area contributed by atoms with Crippen LogP contribution in [0.3, 0.4) is 0 Å². The molecule has 0 bridgehead atoms. The number of anilines is 1. The van der Waals surface area contributed by atoms with Crippen molar-refractivity contribution in [2.45, 2.75) is 0 Å². The molecular weight excluding hydrogens is 390 g/mol. The number of para-hydroxylation sites is 1. The maximum Gasteiger partial charge on any atom is 0.329 e. The van der Waals surface area contributed by atoms with Crippen molar-refractivity contribution in [3.63, 3.8) is 0 Å². The molecule has 29 heavy (non-hydrogen) atoms. The number of carbonyl (C=O) groups excluding carboxylic acids is 2. The van der Waals surface area contributed by atoms with Gasteiger partial charge in [-0.2, -0.15) is 5.10 Å². The van der Waals surface area contributed by atoms with Crippen molar-refractivity contribution in [2.75, 3.05) is 11.9 Å². The van der Waals surface area contributed by atoms with Crippen LogP contribution >= 0.6 is 11.3 Å². The average Bonchev–Trinajstić information content (AvgIpc) is 3.22. The molecule has 0 aliphatic carbocycles. The van der Waals surface area contributed by atoms with E-state index >= 15 is 0 Å². The topological polar surface area (TPSA) is 106 Å². The highest BCUT2D eigenvalue weighted by Crippen LogP contribution is 2.25. The fraction of sp³-hybridized carbons (Fsp3) is 0.0500. The van der Waals surface area contributed by atoms with Gasteiger partial charge in [-0.3, -0.25) is 14.9 Å². The van der Waals surface area contributed by atoms with Crippen LogP contribution in [0.25, 0.3) is 10.6 Å². The van der Waals surface area contributed by atoms with Crippen molar-refractivity contribution in [3.05, 3.63) is 72.8 Å². The number of hydrogen-bond acceptors (Lipinski definition) is 7. The van der Waals surface area contributed by atoms with E-state index in [1.54, 1.807) is 24.3 Å². The zero-order chi connectivity index (χ0) is 20.5. The molecule has 3 rings (SSSR count). The number of hydrazone groups is 1. The van der Waals surface area contributed by atoms with E-state index in [9.17, 15) is 9.59 Å². The number of hydrogen-bond donors (Lipinski definition) is 2. The van der Waals surface area contributed by atoms with Gasteiger partial charge < -0.3 is 4.74 Å². The Morgan fingerprint density at radius 2 is 1.83 bits per heavy atom. The Morgan fingerprint density at radius 3 is 2.62 bits per heavy atom. The molecule has 0 saturated carbocycles. The second-order valence-corrected chi connectivity index (χ2v) is 6.55. The van der Waals surface area contributed by atoms with E-state index in [1.807, 2.05) is 36.4 Å². The Labute approximate surface area is 170 Å². The van der Waals surface area contributed by atoms with Crippen molar-refractivity contribution in [1.82, 2.24) is 15.6 Å². The number of rotatable bonds is 7. The van der Waals surface area contributed by atoms with Gasteiger partial charge in [0.2, 0.25) is 5.13 Å². The first kappa shape index (κ1) is 19.9. The van der Waals surface area contributed by atoms with Gasteiger partial charge in [-0.15, -0.1) is 10.2 Å². The van der Waals surface area contributed by atoms with E-state index in [-0.39, 0.29) is 5.13 Å². The van der Waals surface area contributed by atoms with Crippen LogP contribution in [0.2, 0.25) is 0 Å². The quantitative estimate of drug-likeness (QED) is 0.271. The lowest BCUT2D eigenvalue weighted by molar-refractivity contribution is -0.136. The number of carbonyl (C=O) groups is 2. The summed E-state index contributed by atoms with van der Waals surface area (Å²) in [6.07, 6.45) is 3.01. The van der Waals surface area contributed by atoms with Crippen LogP contribution in [0.1, 0.15) is 5.56 Å². The number of amides is 2. The second kappa shape index (κ2) is 9.90. The van der Waals surface area contributed by atoms with E-state index in [0.717, 1.165) is 16.9 Å². The van der Waals surface area contributed by atoms with Crippen LogP contribution in [-0.4, -0.2) is 34.8 Å². The van der Waals surface area contributed by atoms with Gasteiger partial charge in [-0.25, -0.2) is 5.43 Å². The molecule has 3 aromatic rings. The van der Waals surface area contributed by atoms with Crippen LogP contribution in [0.5, 0.6) is 5.75 Å². The van der Waals surface area contributed by atoms with E-state index in [0.29, 0.717) is 22.9 Å². The minimum Gasteiger partial charge on any atom is -0.489 e. The third-order valence-electron chi connectivity index (χ3n) is 3.52. The molecular formula is C20H17N5O3S. The zero-order valence-electron chi connectivity index (χ0n) is 15.2. The summed E-state index contributed by atoms with van der Waals surface area (Å²) >= 11 is 1.16. The lowest BCUT2D eigenvalue weighted by Gasteiger charge is -2.06. The molecule has 0 aliphatic rings. The van der Waals surface area contributed by atoms with Gasteiger partial charge in [0.15, 0.2) is 0 Å². The highest BCUT2D eigenvalue weighted by Gasteiger charge is 2.16. The summed E-state index contributed by atoms with van der Waals surface area (Å²) < 4.78 is 5.49. The first-order valence-electron chi connectivity index (χ1n) is 8.53. The molecule has 0 unspecified atom stereocenters. The van der Waals surface area contributed by atoms with Gasteiger partial charge in [-0.05, 0) is 12.1 Å². The fourth-order valence-corrected chi connectivity index (χ4v) is 2.95. The molecule has 1 aromatic heterocycles. The molecule has 8 nitrogen and oxygen atoms in total. The van der Waals surface area contributed by atoms with E-state index < -0.39 is 11.8 Å². The number of aromatic nitrogens is 2. The summed E-state index contributed by atoms with van der Waals surface area (Å²) in [5, 5.41) is 14.9. The Bertz CT molecular complexity index is 1030. The normalized spacial score (nSPS) is 10.5. The average molecular weight is 407 g/mol. The third kappa shape index (κ3) is 5.56. The molecule has 0 radical (unpaired) electrons. The summed E-state index contributed by atoms with van der Waals surface area (Å²) in [4.78, 5) is 24.0. The maximum atomic E-state index is 12.0. The first-order chi connectivity index (χ1) is 14.2. The molecule has 0 aliphatic heterocycles. The largest absolute Gasteiger partial charge is 0.489 e. The van der Waals surface area contributed by atoms with Gasteiger partial charge in [0.25, 0.3) is 0 Å². The van der Waals surface area contributed by atoms with Crippen LogP contribution < -0.4 is 15.5 Å². The van der Waals surface area contributed by atoms with Crippen LogP contribution in [0.15, 0.2) is 72.4 Å². The van der Waals surface area contributed by atoms with Crippen molar-refractivity contribution < 1.29 is 14.3 Å². The van der Waals surface area contributed by atoms with Gasteiger partial charge in [0.05, 0.1) is 6.21 Å². The number of benzene rings is 2. The summed E-state index contributed by atoms with van der Waals surface area (Å²) in [7, 11) is 0. The Kier molecular flexibility index (Phi) is 6.80. The first-order valence-corrected chi connectivity index (χ1v) is 9.35. The van der Waals surface area contributed by atoms with Crippen molar-refractivity contribution >= 4 is 34.5 Å². The minimum atomic E-state index is -0.929. The molecule has 2 amide bonds. The predicted molar refractivity (Wildman–Crippen MR) is 112 cm³/mol. The number of ether oxygens (including phenoxy) is 1. The molecule has 9 heteroatoms. The molecule has 146 valence electrons. The Morgan fingerprint density at radius 1 is 1.07 bits per heavy atom. The van der Waals surface area contributed by atoms with Gasteiger partial charge >= 0.3 is 11.8 Å². The zero-order valence-corrected chi connectivity index (χ0v) is 16.1. The van der Waals surface area contributed by atoms with E-state index in [4.69, 9.17) is 4.74 Å². The third-order valence-corrected chi connectivity index (χ3v) is 4.41. The predicted octanol–water partition coefficient (Wildman–Crippen LogP) is 2.86. The highest BCUT2D eigenvalue weighted by molar-refractivity contribution is 7.18. The number of nitrogens with zero attached hydrogens (tertiary/aromatic N) is 3. The van der Waals surface area contributed by atoms with Crippen molar-refractivity contribution in [1.29, 1.82) is 0 Å². The maximum absolute atomic E-state index is 12.0. The highest BCUT2D eigenvalue weighted by atomic mass is 32.1. The molecule has 1 heterocycles. The lowest BCUT2D eigenvalue weighted by Crippen LogP contribution is -2.32. The van der Waals surface area contributed by atoms with Crippen LogP contribution in [0, 0.1) is 0 Å². The van der Waals surface area contributed by atoms with Crippen molar-refractivity contribution in [2.24, 2.45) is 5.10 Å². The standard InChI is InChI=1S/C20H17N5O3S/c1-2-12-28-16-11-7-6-10-15(16)13-21-23-18(27)17(26)22-20-25-24-19(29-20)14-8-4-3-5-9-14/h2-11,13H,1,12H2,(H,23,27)(H,22,25,26)/b21-13-. The minimum absolute atomic E-state index is 0.219. The molecule has 0 atom stereocenters. The van der Waals surface area contributed by atoms with Gasteiger partial charge in [0.1, 0.15) is 17.4 Å². The molecule has 2 aromatic carbocycles. The van der Waals surface area contributed by atoms with Gasteiger partial charge in [0, 0.05) is 11.1 Å². The molecule has 0 saturated heterocycles. The second-order valence-electron chi connectivity index (χ2n) is 5.57. The summed E-state index contributed by atoms with van der Waals surface area (Å²) in [6, 6.07) is 16.5. The SMILES string of the molecule is C=CCOc1ccccc1/C=N\NC(=O)C(=O)Nc1nnc(-c2ccccc2)s1. The van der Waals surface area contributed by atoms with E-state index in [2.05, 4.69) is 32.6 Å². The lowest BCUT2D eigenvalue weighted by atomic mass is 10.2. The van der Waals surface area contributed by atoms with Crippen molar-refractivity contribution in [3.8, 4) is 16.3 Å². The summed E-state index contributed by atoms with van der Waals surface area (Å²) in [5.41, 5.74) is 3.69. The summed E-state index contributed by atoms with van der Waals surface area (Å²) in [5.74, 6) is -1.24. The Balaban J connectivity index is 1.56. The monoisotopic (exact) mass is 407 g/mol. The fourth-order valence-electron chi connectivity index (χ4n) is 2.20. The summed E-state index contributed by atoms with van der Waals surface area (Å²) in [6.45, 7) is 3.93. The molecule has 0 fully saturated rings. The van der Waals surface area contributed by atoms with E-state index in [1.165, 1.54) is 6.21 Å². The van der Waals surface area contributed by atoms with Crippen LogP contribution in [0.4, 0.5) is 5.13 Å². The Hall–Kier alpha value is -3.85.